The molecule has 0 aromatic heterocycles. The lowest BCUT2D eigenvalue weighted by Gasteiger charge is -2.14. The first-order valence-electron chi connectivity index (χ1n) is 9.14. The van der Waals surface area contributed by atoms with E-state index in [0.717, 1.165) is 16.7 Å². The minimum absolute atomic E-state index is 0.415. The number of hydrogen-bond donors (Lipinski definition) is 0. The van der Waals surface area contributed by atoms with Crippen LogP contribution >= 0.6 is 0 Å². The van der Waals surface area contributed by atoms with E-state index >= 15 is 0 Å². The summed E-state index contributed by atoms with van der Waals surface area (Å²) < 4.78 is 16.1. The lowest BCUT2D eigenvalue weighted by atomic mass is 10.1. The standard InChI is InChI=1S/C24H22O5/c1-15-5-7-18(8-6-15)23(25)28-21-13-14-22(17(3)16(21)2)29-24(26)19-9-11-20(27-4)12-10-19/h5-14H,1-4H3. The van der Waals surface area contributed by atoms with E-state index in [-0.39, 0.29) is 0 Å². The highest BCUT2D eigenvalue weighted by Crippen LogP contribution is 2.30. The summed E-state index contributed by atoms with van der Waals surface area (Å²) in [6, 6.07) is 17.1. The maximum atomic E-state index is 12.4. The SMILES string of the molecule is COc1ccc(C(=O)Oc2ccc(OC(=O)c3ccc(C)cc3)c(C)c2C)cc1. The largest absolute Gasteiger partial charge is 0.497 e. The zero-order valence-corrected chi connectivity index (χ0v) is 16.8. The van der Waals surface area contributed by atoms with Gasteiger partial charge in [-0.1, -0.05) is 17.7 Å². The summed E-state index contributed by atoms with van der Waals surface area (Å²) in [6.07, 6.45) is 0. The molecule has 0 N–H and O–H groups in total. The maximum Gasteiger partial charge on any atom is 0.343 e. The first-order valence-corrected chi connectivity index (χ1v) is 9.14. The average molecular weight is 390 g/mol. The van der Waals surface area contributed by atoms with Gasteiger partial charge in [0.25, 0.3) is 0 Å². The van der Waals surface area contributed by atoms with Gasteiger partial charge in [0, 0.05) is 0 Å². The van der Waals surface area contributed by atoms with E-state index in [0.29, 0.717) is 28.4 Å². The number of benzene rings is 3. The van der Waals surface area contributed by atoms with Crippen molar-refractivity contribution in [2.45, 2.75) is 20.8 Å². The third-order valence-electron chi connectivity index (χ3n) is 4.71. The molecule has 3 rings (SSSR count). The van der Waals surface area contributed by atoms with Gasteiger partial charge >= 0.3 is 11.9 Å². The molecule has 5 heteroatoms. The normalized spacial score (nSPS) is 10.3. The Balaban J connectivity index is 1.75. The van der Waals surface area contributed by atoms with E-state index in [1.165, 1.54) is 0 Å². The van der Waals surface area contributed by atoms with Gasteiger partial charge in [-0.05, 0) is 80.4 Å². The molecular weight excluding hydrogens is 368 g/mol. The van der Waals surface area contributed by atoms with Crippen molar-refractivity contribution >= 4 is 11.9 Å². The summed E-state index contributed by atoms with van der Waals surface area (Å²) in [7, 11) is 1.56. The molecule has 0 fully saturated rings. The van der Waals surface area contributed by atoms with Gasteiger partial charge in [-0.3, -0.25) is 0 Å². The summed E-state index contributed by atoms with van der Waals surface area (Å²) in [5.74, 6) is 0.596. The van der Waals surface area contributed by atoms with E-state index in [4.69, 9.17) is 14.2 Å². The number of carbonyl (C=O) groups is 2. The molecule has 0 saturated carbocycles. The number of esters is 2. The fraction of sp³-hybridized carbons (Fsp3) is 0.167. The third kappa shape index (κ3) is 4.63. The molecule has 0 aliphatic heterocycles. The van der Waals surface area contributed by atoms with Gasteiger partial charge in [0.2, 0.25) is 0 Å². The van der Waals surface area contributed by atoms with E-state index in [2.05, 4.69) is 0 Å². The lowest BCUT2D eigenvalue weighted by molar-refractivity contribution is 0.0717. The molecule has 0 saturated heterocycles. The molecule has 3 aromatic carbocycles. The fourth-order valence-corrected chi connectivity index (χ4v) is 2.73. The highest BCUT2D eigenvalue weighted by atomic mass is 16.5. The van der Waals surface area contributed by atoms with E-state index in [1.807, 2.05) is 32.9 Å². The van der Waals surface area contributed by atoms with Gasteiger partial charge in [-0.2, -0.15) is 0 Å². The quantitative estimate of drug-likeness (QED) is 0.450. The molecule has 0 bridgehead atoms. The second kappa shape index (κ2) is 8.61. The summed E-state index contributed by atoms with van der Waals surface area (Å²) in [4.78, 5) is 24.8. The van der Waals surface area contributed by atoms with Crippen LogP contribution in [-0.2, 0) is 0 Å². The second-order valence-electron chi connectivity index (χ2n) is 6.69. The van der Waals surface area contributed by atoms with Crippen LogP contribution < -0.4 is 14.2 Å². The predicted octanol–water partition coefficient (Wildman–Crippen LogP) is 5.06. The summed E-state index contributed by atoms with van der Waals surface area (Å²) >= 11 is 0. The molecule has 29 heavy (non-hydrogen) atoms. The van der Waals surface area contributed by atoms with Crippen molar-refractivity contribution in [1.82, 2.24) is 0 Å². The van der Waals surface area contributed by atoms with Crippen molar-refractivity contribution in [1.29, 1.82) is 0 Å². The molecule has 0 radical (unpaired) electrons. The zero-order valence-electron chi connectivity index (χ0n) is 16.8. The molecular formula is C24H22O5. The van der Waals surface area contributed by atoms with Crippen LogP contribution in [0, 0.1) is 20.8 Å². The molecule has 0 aliphatic carbocycles. The number of ether oxygens (including phenoxy) is 3. The van der Waals surface area contributed by atoms with Crippen molar-refractivity contribution in [2.75, 3.05) is 7.11 Å². The lowest BCUT2D eigenvalue weighted by Crippen LogP contribution is -2.12. The van der Waals surface area contributed by atoms with Crippen molar-refractivity contribution < 1.29 is 23.8 Å². The zero-order chi connectivity index (χ0) is 21.0. The minimum Gasteiger partial charge on any atom is -0.497 e. The highest BCUT2D eigenvalue weighted by Gasteiger charge is 2.16. The molecule has 3 aromatic rings. The molecule has 0 unspecified atom stereocenters. The van der Waals surface area contributed by atoms with Gasteiger partial charge < -0.3 is 14.2 Å². The molecule has 0 spiro atoms. The number of methoxy groups -OCH3 is 1. The molecule has 0 amide bonds. The summed E-state index contributed by atoms with van der Waals surface area (Å²) in [6.45, 7) is 5.58. The predicted molar refractivity (Wildman–Crippen MR) is 110 cm³/mol. The van der Waals surface area contributed by atoms with Crippen molar-refractivity contribution in [3.63, 3.8) is 0 Å². The molecule has 148 valence electrons. The third-order valence-corrected chi connectivity index (χ3v) is 4.71. The number of aryl methyl sites for hydroxylation is 1. The van der Waals surface area contributed by atoms with Crippen LogP contribution in [-0.4, -0.2) is 19.0 Å². The van der Waals surface area contributed by atoms with Crippen molar-refractivity contribution in [2.24, 2.45) is 0 Å². The summed E-state index contributed by atoms with van der Waals surface area (Å²) in [5.41, 5.74) is 3.41. The average Bonchev–Trinajstić information content (AvgIpc) is 2.73. The minimum atomic E-state index is -0.473. The molecule has 0 aliphatic rings. The number of rotatable bonds is 5. The van der Waals surface area contributed by atoms with E-state index < -0.39 is 11.9 Å². The Bertz CT molecular complexity index is 1030. The van der Waals surface area contributed by atoms with Gasteiger partial charge in [0.15, 0.2) is 0 Å². The molecule has 5 nitrogen and oxygen atoms in total. The molecule has 0 atom stereocenters. The van der Waals surface area contributed by atoms with Gasteiger partial charge in [-0.15, -0.1) is 0 Å². The smallest absolute Gasteiger partial charge is 0.343 e. The van der Waals surface area contributed by atoms with Crippen LogP contribution in [0.3, 0.4) is 0 Å². The van der Waals surface area contributed by atoms with Gasteiger partial charge in [0.1, 0.15) is 17.2 Å². The number of carbonyl (C=O) groups excluding carboxylic acids is 2. The fourth-order valence-electron chi connectivity index (χ4n) is 2.73. The van der Waals surface area contributed by atoms with Crippen LogP contribution in [0.25, 0.3) is 0 Å². The Kier molecular flexibility index (Phi) is 5.98. The van der Waals surface area contributed by atoms with Crippen LogP contribution in [0.2, 0.25) is 0 Å². The van der Waals surface area contributed by atoms with Crippen LogP contribution in [0.1, 0.15) is 37.4 Å². The van der Waals surface area contributed by atoms with E-state index in [9.17, 15) is 9.59 Å². The Morgan fingerprint density at radius 2 is 1.03 bits per heavy atom. The monoisotopic (exact) mass is 390 g/mol. The topological polar surface area (TPSA) is 61.8 Å². The Morgan fingerprint density at radius 3 is 1.45 bits per heavy atom. The van der Waals surface area contributed by atoms with Crippen molar-refractivity contribution in [3.8, 4) is 17.2 Å². The number of hydrogen-bond acceptors (Lipinski definition) is 5. The Hall–Kier alpha value is -3.60. The Labute approximate surface area is 169 Å². The second-order valence-corrected chi connectivity index (χ2v) is 6.69. The van der Waals surface area contributed by atoms with Gasteiger partial charge in [0.05, 0.1) is 18.2 Å². The molecule has 0 heterocycles. The first kappa shape index (κ1) is 20.1. The van der Waals surface area contributed by atoms with Crippen LogP contribution in [0.4, 0.5) is 0 Å². The van der Waals surface area contributed by atoms with Crippen LogP contribution in [0.5, 0.6) is 17.2 Å². The maximum absolute atomic E-state index is 12.4. The highest BCUT2D eigenvalue weighted by molar-refractivity contribution is 5.92. The van der Waals surface area contributed by atoms with Gasteiger partial charge in [-0.25, -0.2) is 9.59 Å². The van der Waals surface area contributed by atoms with Crippen LogP contribution in [0.15, 0.2) is 60.7 Å². The Morgan fingerprint density at radius 1 is 0.621 bits per heavy atom. The first-order chi connectivity index (χ1) is 13.9. The van der Waals surface area contributed by atoms with Crippen molar-refractivity contribution in [3.05, 3.63) is 88.5 Å². The van der Waals surface area contributed by atoms with E-state index in [1.54, 1.807) is 55.6 Å². The summed E-state index contributed by atoms with van der Waals surface area (Å²) in [5, 5.41) is 0.